The van der Waals surface area contributed by atoms with Gasteiger partial charge in [-0.3, -0.25) is 9.59 Å². The number of benzene rings is 3. The van der Waals surface area contributed by atoms with Gasteiger partial charge < -0.3 is 10.1 Å². The van der Waals surface area contributed by atoms with E-state index in [1.807, 2.05) is 78.9 Å². The van der Waals surface area contributed by atoms with Crippen molar-refractivity contribution in [3.63, 3.8) is 0 Å². The minimum Gasteiger partial charge on any atom is -0.457 e. The van der Waals surface area contributed by atoms with E-state index in [4.69, 9.17) is 4.74 Å². The molecule has 0 saturated heterocycles. The number of azo groups is 1. The number of carbonyl (C=O) groups excluding carboxylic acids is 2. The Morgan fingerprint density at radius 3 is 2.54 bits per heavy atom. The summed E-state index contributed by atoms with van der Waals surface area (Å²) in [5.41, 5.74) is 4.67. The molecule has 35 heavy (non-hydrogen) atoms. The Labute approximate surface area is 204 Å². The third-order valence-electron chi connectivity index (χ3n) is 6.34. The monoisotopic (exact) mass is 465 g/mol. The van der Waals surface area contributed by atoms with Crippen LogP contribution in [-0.4, -0.2) is 17.9 Å². The summed E-state index contributed by atoms with van der Waals surface area (Å²) in [7, 11) is 0. The number of rotatable bonds is 7. The molecule has 1 aliphatic heterocycles. The van der Waals surface area contributed by atoms with Gasteiger partial charge in [0.15, 0.2) is 0 Å². The van der Waals surface area contributed by atoms with E-state index in [9.17, 15) is 9.59 Å². The van der Waals surface area contributed by atoms with Crippen LogP contribution in [0.1, 0.15) is 36.8 Å². The van der Waals surface area contributed by atoms with Crippen molar-refractivity contribution in [1.29, 1.82) is 0 Å². The maximum Gasteiger partial charge on any atom is 0.291 e. The topological polar surface area (TPSA) is 80.1 Å². The first-order valence-electron chi connectivity index (χ1n) is 12.0. The number of hydrogen-bond donors (Lipinski definition) is 1. The number of anilines is 1. The number of ether oxygens (including phenoxy) is 1. The smallest absolute Gasteiger partial charge is 0.291 e. The van der Waals surface area contributed by atoms with Crippen molar-refractivity contribution < 1.29 is 14.3 Å². The Hall–Kier alpha value is -4.06. The van der Waals surface area contributed by atoms with Crippen molar-refractivity contribution in [3.05, 3.63) is 101 Å². The van der Waals surface area contributed by atoms with Crippen LogP contribution in [0, 0.1) is 0 Å². The van der Waals surface area contributed by atoms with Gasteiger partial charge in [0, 0.05) is 17.7 Å². The molecule has 2 amide bonds. The van der Waals surface area contributed by atoms with E-state index in [0.29, 0.717) is 12.2 Å². The molecule has 1 N–H and O–H groups in total. The molecule has 6 heteroatoms. The molecule has 0 bridgehead atoms. The fourth-order valence-electron chi connectivity index (χ4n) is 4.69. The van der Waals surface area contributed by atoms with Crippen LogP contribution in [0.4, 0.5) is 5.69 Å². The van der Waals surface area contributed by atoms with Gasteiger partial charge in [0.25, 0.3) is 5.91 Å². The number of hydrogen-bond acceptors (Lipinski definition) is 4. The lowest BCUT2D eigenvalue weighted by Gasteiger charge is -2.25. The van der Waals surface area contributed by atoms with E-state index >= 15 is 0 Å². The fraction of sp³-hybridized carbons (Fsp3) is 0.241. The maximum absolute atomic E-state index is 12.7. The second-order valence-electron chi connectivity index (χ2n) is 8.94. The van der Waals surface area contributed by atoms with Crippen LogP contribution >= 0.6 is 0 Å². The van der Waals surface area contributed by atoms with E-state index in [2.05, 4.69) is 15.5 Å². The van der Waals surface area contributed by atoms with E-state index in [-0.39, 0.29) is 24.3 Å². The fourth-order valence-corrected chi connectivity index (χ4v) is 4.69. The van der Waals surface area contributed by atoms with Gasteiger partial charge in [-0.2, -0.15) is 5.11 Å². The zero-order valence-electron chi connectivity index (χ0n) is 19.4. The normalized spacial score (nSPS) is 17.1. The van der Waals surface area contributed by atoms with Gasteiger partial charge in [0.1, 0.15) is 11.5 Å². The predicted octanol–water partition coefficient (Wildman–Crippen LogP) is 6.43. The number of nitrogens with one attached hydrogen (secondary N) is 1. The largest absolute Gasteiger partial charge is 0.457 e. The third kappa shape index (κ3) is 5.72. The van der Waals surface area contributed by atoms with Gasteiger partial charge >= 0.3 is 0 Å². The molecule has 0 spiro atoms. The molecule has 2 aliphatic rings. The molecule has 3 aromatic carbocycles. The molecule has 0 fully saturated rings. The second-order valence-corrected chi connectivity index (χ2v) is 8.94. The van der Waals surface area contributed by atoms with Crippen LogP contribution < -0.4 is 10.1 Å². The lowest BCUT2D eigenvalue weighted by molar-refractivity contribution is -0.116. The molecule has 1 heterocycles. The van der Waals surface area contributed by atoms with Crippen molar-refractivity contribution in [2.75, 3.05) is 5.32 Å². The number of nitrogens with zero attached hydrogens (tertiary/aromatic N) is 2. The standard InChI is InChI=1S/C29H27N3O3/c33-28(19-21-9-7-13-24(17-21)35-23-11-2-1-3-12-23)30-22-10-6-8-20(16-22)18-27-25-14-4-5-15-26(25)29(34)32-31-27/h1-3,6-13,16-17,27H,4-5,14-15,18-19H2,(H,30,33). The summed E-state index contributed by atoms with van der Waals surface area (Å²) >= 11 is 0. The Kier molecular flexibility index (Phi) is 6.80. The van der Waals surface area contributed by atoms with Crippen molar-refractivity contribution in [3.8, 4) is 11.5 Å². The first-order valence-corrected chi connectivity index (χ1v) is 12.0. The lowest BCUT2D eigenvalue weighted by atomic mass is 9.84. The second kappa shape index (κ2) is 10.5. The van der Waals surface area contributed by atoms with E-state index in [1.54, 1.807) is 0 Å². The van der Waals surface area contributed by atoms with Gasteiger partial charge in [0.05, 0.1) is 12.5 Å². The number of amides is 2. The van der Waals surface area contributed by atoms with Crippen molar-refractivity contribution in [1.82, 2.24) is 0 Å². The quantitative estimate of drug-likeness (QED) is 0.436. The molecule has 1 aliphatic carbocycles. The van der Waals surface area contributed by atoms with Gasteiger partial charge in [-0.25, -0.2) is 0 Å². The van der Waals surface area contributed by atoms with Crippen molar-refractivity contribution in [2.24, 2.45) is 10.2 Å². The summed E-state index contributed by atoms with van der Waals surface area (Å²) in [5, 5.41) is 11.2. The molecule has 6 nitrogen and oxygen atoms in total. The van der Waals surface area contributed by atoms with Gasteiger partial charge in [0.2, 0.25) is 5.91 Å². The van der Waals surface area contributed by atoms with Crippen LogP contribution in [0.25, 0.3) is 0 Å². The summed E-state index contributed by atoms with van der Waals surface area (Å²) in [4.78, 5) is 24.8. The number of para-hydroxylation sites is 1. The maximum atomic E-state index is 12.7. The SMILES string of the molecule is O=C(Cc1cccc(Oc2ccccc2)c1)Nc1cccc(CC2N=NC(=O)C3=C2CCCC3)c1. The molecular weight excluding hydrogens is 438 g/mol. The highest BCUT2D eigenvalue weighted by Crippen LogP contribution is 2.34. The van der Waals surface area contributed by atoms with Gasteiger partial charge in [-0.1, -0.05) is 42.5 Å². The molecule has 0 radical (unpaired) electrons. The minimum atomic E-state index is -0.171. The summed E-state index contributed by atoms with van der Waals surface area (Å²) < 4.78 is 5.88. The Balaban J connectivity index is 1.22. The van der Waals surface area contributed by atoms with Gasteiger partial charge in [-0.15, -0.1) is 5.11 Å². The minimum absolute atomic E-state index is 0.0960. The zero-order chi connectivity index (χ0) is 24.0. The predicted molar refractivity (Wildman–Crippen MR) is 135 cm³/mol. The molecular formula is C29H27N3O3. The third-order valence-corrected chi connectivity index (χ3v) is 6.34. The summed E-state index contributed by atoms with van der Waals surface area (Å²) in [6.45, 7) is 0. The average Bonchev–Trinajstić information content (AvgIpc) is 2.87. The molecule has 176 valence electrons. The van der Waals surface area contributed by atoms with Crippen LogP contribution in [0.5, 0.6) is 11.5 Å². The first-order chi connectivity index (χ1) is 17.1. The zero-order valence-corrected chi connectivity index (χ0v) is 19.4. The van der Waals surface area contributed by atoms with Crippen LogP contribution in [0.2, 0.25) is 0 Å². The van der Waals surface area contributed by atoms with Crippen molar-refractivity contribution in [2.45, 2.75) is 44.6 Å². The first kappa shape index (κ1) is 22.7. The van der Waals surface area contributed by atoms with Crippen molar-refractivity contribution >= 4 is 17.5 Å². The molecule has 1 unspecified atom stereocenters. The molecule has 5 rings (SSSR count). The highest BCUT2D eigenvalue weighted by molar-refractivity contribution is 5.95. The molecule has 0 saturated carbocycles. The van der Waals surface area contributed by atoms with Crippen LogP contribution in [0.3, 0.4) is 0 Å². The van der Waals surface area contributed by atoms with Crippen LogP contribution in [-0.2, 0) is 22.4 Å². The highest BCUT2D eigenvalue weighted by atomic mass is 16.5. The van der Waals surface area contributed by atoms with Crippen LogP contribution in [0.15, 0.2) is 100 Å². The Bertz CT molecular complexity index is 1300. The van der Waals surface area contributed by atoms with E-state index < -0.39 is 0 Å². The lowest BCUT2D eigenvalue weighted by Crippen LogP contribution is -2.23. The summed E-state index contributed by atoms with van der Waals surface area (Å²) in [5.74, 6) is 1.18. The number of carbonyl (C=O) groups is 2. The van der Waals surface area contributed by atoms with Gasteiger partial charge in [-0.05, 0) is 78.8 Å². The van der Waals surface area contributed by atoms with E-state index in [0.717, 1.165) is 59.4 Å². The Morgan fingerprint density at radius 1 is 0.886 bits per heavy atom. The van der Waals surface area contributed by atoms with E-state index in [1.165, 1.54) is 0 Å². The Morgan fingerprint density at radius 2 is 1.66 bits per heavy atom. The summed E-state index contributed by atoms with van der Waals surface area (Å²) in [6.07, 6.45) is 4.75. The molecule has 1 atom stereocenters. The average molecular weight is 466 g/mol. The summed E-state index contributed by atoms with van der Waals surface area (Å²) in [6, 6.07) is 24.8. The highest BCUT2D eigenvalue weighted by Gasteiger charge is 2.28. The molecule has 3 aromatic rings. The molecule has 0 aromatic heterocycles.